The van der Waals surface area contributed by atoms with Crippen LogP contribution in [0, 0.1) is 11.8 Å². The fraction of sp³-hybridized carbons (Fsp3) is 1.00. The maximum Gasteiger partial charge on any atom is 0.0595 e. The van der Waals surface area contributed by atoms with E-state index in [4.69, 9.17) is 0 Å². The van der Waals surface area contributed by atoms with Crippen LogP contribution in [-0.4, -0.2) is 22.4 Å². The van der Waals surface area contributed by atoms with Gasteiger partial charge >= 0.3 is 0 Å². The van der Waals surface area contributed by atoms with Gasteiger partial charge in [-0.1, -0.05) is 0 Å². The van der Waals surface area contributed by atoms with Crippen molar-refractivity contribution in [1.29, 1.82) is 0 Å². The molecule has 3 saturated carbocycles. The smallest absolute Gasteiger partial charge is 0.0595 e. The molecule has 3 fully saturated rings. The molecule has 2 atom stereocenters. The van der Waals surface area contributed by atoms with E-state index in [2.05, 4.69) is 0 Å². The molecule has 10 heavy (non-hydrogen) atoms. The topological polar surface area (TPSA) is 40.5 Å². The van der Waals surface area contributed by atoms with Gasteiger partial charge in [0, 0.05) is 5.92 Å². The van der Waals surface area contributed by atoms with Crippen LogP contribution in [0.4, 0.5) is 0 Å². The number of hydrogen-bond acceptors (Lipinski definition) is 2. The lowest BCUT2D eigenvalue weighted by Crippen LogP contribution is -2.44. The summed E-state index contributed by atoms with van der Waals surface area (Å²) in [6.45, 7) is 0. The molecule has 0 aromatic heterocycles. The number of rotatable bonds is 0. The molecule has 2 unspecified atom stereocenters. The van der Waals surface area contributed by atoms with Crippen LogP contribution in [0.25, 0.3) is 0 Å². The highest BCUT2D eigenvalue weighted by Crippen LogP contribution is 2.41. The van der Waals surface area contributed by atoms with Crippen molar-refractivity contribution in [2.24, 2.45) is 11.8 Å². The Hall–Kier alpha value is -0.0800. The zero-order valence-corrected chi connectivity index (χ0v) is 6.03. The minimum Gasteiger partial charge on any atom is -0.393 e. The molecule has 3 aliphatic carbocycles. The van der Waals surface area contributed by atoms with Gasteiger partial charge in [-0.3, -0.25) is 0 Å². The lowest BCUT2D eigenvalue weighted by Gasteiger charge is -2.43. The third-order valence-corrected chi connectivity index (χ3v) is 3.05. The molecule has 0 radical (unpaired) electrons. The van der Waals surface area contributed by atoms with Crippen LogP contribution in [0.15, 0.2) is 0 Å². The van der Waals surface area contributed by atoms with E-state index in [0.29, 0.717) is 5.92 Å². The summed E-state index contributed by atoms with van der Waals surface area (Å²) in [4.78, 5) is 0. The first-order chi connectivity index (χ1) is 4.77. The maximum atomic E-state index is 9.41. The Morgan fingerprint density at radius 1 is 0.900 bits per heavy atom. The van der Waals surface area contributed by atoms with Crippen molar-refractivity contribution in [1.82, 2.24) is 0 Å². The Morgan fingerprint density at radius 2 is 1.50 bits per heavy atom. The van der Waals surface area contributed by atoms with Crippen molar-refractivity contribution < 1.29 is 10.2 Å². The summed E-state index contributed by atoms with van der Waals surface area (Å²) in [5, 5.41) is 18.8. The highest BCUT2D eigenvalue weighted by atomic mass is 16.3. The predicted molar refractivity (Wildman–Crippen MR) is 37.5 cm³/mol. The van der Waals surface area contributed by atoms with E-state index >= 15 is 0 Å². The number of aliphatic hydroxyl groups excluding tert-OH is 2. The van der Waals surface area contributed by atoms with Crippen molar-refractivity contribution in [3.05, 3.63) is 0 Å². The van der Waals surface area contributed by atoms with E-state index in [1.807, 2.05) is 0 Å². The van der Waals surface area contributed by atoms with Gasteiger partial charge in [0.2, 0.25) is 0 Å². The molecule has 0 spiro atoms. The van der Waals surface area contributed by atoms with Gasteiger partial charge in [0.05, 0.1) is 12.2 Å². The van der Waals surface area contributed by atoms with Crippen molar-refractivity contribution in [3.63, 3.8) is 0 Å². The minimum atomic E-state index is -0.206. The van der Waals surface area contributed by atoms with Crippen LogP contribution in [0.3, 0.4) is 0 Å². The Balaban J connectivity index is 2.11. The normalized spacial score (nSPS) is 53.4. The Labute approximate surface area is 60.9 Å². The molecule has 2 nitrogen and oxygen atoms in total. The minimum absolute atomic E-state index is 0.199. The van der Waals surface area contributed by atoms with E-state index < -0.39 is 0 Å². The third-order valence-electron chi connectivity index (χ3n) is 3.05. The second kappa shape index (κ2) is 2.21. The maximum absolute atomic E-state index is 9.41. The highest BCUT2D eigenvalue weighted by molar-refractivity contribution is 4.91. The van der Waals surface area contributed by atoms with E-state index in [1.165, 1.54) is 6.42 Å². The van der Waals surface area contributed by atoms with Gasteiger partial charge in [-0.15, -0.1) is 0 Å². The van der Waals surface area contributed by atoms with Gasteiger partial charge < -0.3 is 10.2 Å². The molecule has 0 saturated heterocycles. The summed E-state index contributed by atoms with van der Waals surface area (Å²) in [5.74, 6) is 0.806. The third kappa shape index (κ3) is 0.867. The molecule has 2 heteroatoms. The molecule has 58 valence electrons. The molecule has 0 aromatic carbocycles. The van der Waals surface area contributed by atoms with Crippen LogP contribution in [0.1, 0.15) is 25.7 Å². The van der Waals surface area contributed by atoms with E-state index in [9.17, 15) is 10.2 Å². The molecule has 2 bridgehead atoms. The molecule has 3 aliphatic rings. The first-order valence-corrected chi connectivity index (χ1v) is 4.13. The van der Waals surface area contributed by atoms with Gasteiger partial charge in [-0.2, -0.15) is 0 Å². The second-order valence-electron chi connectivity index (χ2n) is 3.71. The van der Waals surface area contributed by atoms with E-state index in [0.717, 1.165) is 19.3 Å². The quantitative estimate of drug-likeness (QED) is 0.518. The first-order valence-electron chi connectivity index (χ1n) is 4.13. The van der Waals surface area contributed by atoms with Crippen LogP contribution in [0.5, 0.6) is 0 Å². The van der Waals surface area contributed by atoms with Gasteiger partial charge in [0.15, 0.2) is 0 Å². The molecule has 0 heterocycles. The van der Waals surface area contributed by atoms with Crippen LogP contribution in [-0.2, 0) is 0 Å². The Kier molecular flexibility index (Phi) is 1.46. The lowest BCUT2D eigenvalue weighted by molar-refractivity contribution is -0.0804. The summed E-state index contributed by atoms with van der Waals surface area (Å²) < 4.78 is 0. The van der Waals surface area contributed by atoms with Gasteiger partial charge in [-0.25, -0.2) is 0 Å². The summed E-state index contributed by atoms with van der Waals surface area (Å²) in [6, 6.07) is 0. The fourth-order valence-electron chi connectivity index (χ4n) is 2.43. The standard InChI is InChI=1S/C8H14O2/c9-7-3-5-1-2-6(7)8(10)4-5/h5-10H,1-4H2. The lowest BCUT2D eigenvalue weighted by atomic mass is 9.67. The number of fused-ring (bicyclic) bond motifs is 3. The van der Waals surface area contributed by atoms with Gasteiger partial charge in [0.1, 0.15) is 0 Å². The predicted octanol–water partition coefficient (Wildman–Crippen LogP) is 0.528. The summed E-state index contributed by atoms with van der Waals surface area (Å²) in [5.41, 5.74) is 0. The fourth-order valence-corrected chi connectivity index (χ4v) is 2.43. The first kappa shape index (κ1) is 6.62. The van der Waals surface area contributed by atoms with Gasteiger partial charge in [-0.05, 0) is 31.6 Å². The van der Waals surface area contributed by atoms with Crippen LogP contribution < -0.4 is 0 Å². The monoisotopic (exact) mass is 142 g/mol. The van der Waals surface area contributed by atoms with Gasteiger partial charge in [0.25, 0.3) is 0 Å². The van der Waals surface area contributed by atoms with Crippen molar-refractivity contribution in [2.45, 2.75) is 37.9 Å². The van der Waals surface area contributed by atoms with Crippen molar-refractivity contribution in [3.8, 4) is 0 Å². The molecule has 2 N–H and O–H groups in total. The highest BCUT2D eigenvalue weighted by Gasteiger charge is 2.40. The average Bonchev–Trinajstić information content (AvgIpc) is 1.86. The Morgan fingerprint density at radius 3 is 1.80 bits per heavy atom. The molecular weight excluding hydrogens is 128 g/mol. The summed E-state index contributed by atoms with van der Waals surface area (Å²) >= 11 is 0. The zero-order valence-electron chi connectivity index (χ0n) is 6.03. The molecule has 3 rings (SSSR count). The van der Waals surface area contributed by atoms with Crippen LogP contribution >= 0.6 is 0 Å². The van der Waals surface area contributed by atoms with Crippen molar-refractivity contribution >= 4 is 0 Å². The van der Waals surface area contributed by atoms with E-state index in [1.54, 1.807) is 0 Å². The molecule has 0 aromatic rings. The number of hydrogen-bond donors (Lipinski definition) is 2. The average molecular weight is 142 g/mol. The largest absolute Gasteiger partial charge is 0.393 e. The zero-order chi connectivity index (χ0) is 7.14. The molecule has 0 aliphatic heterocycles. The SMILES string of the molecule is OC1CC2CCC1C(O)C2. The van der Waals surface area contributed by atoms with E-state index in [-0.39, 0.29) is 18.1 Å². The van der Waals surface area contributed by atoms with Crippen LogP contribution in [0.2, 0.25) is 0 Å². The molecular formula is C8H14O2. The van der Waals surface area contributed by atoms with Crippen molar-refractivity contribution in [2.75, 3.05) is 0 Å². The molecule has 0 amide bonds. The summed E-state index contributed by atoms with van der Waals surface area (Å²) in [7, 11) is 0. The second-order valence-corrected chi connectivity index (χ2v) is 3.71. The Bertz CT molecular complexity index is 123. The summed E-state index contributed by atoms with van der Waals surface area (Å²) in [6.07, 6.45) is 3.71. The number of aliphatic hydroxyl groups is 2.